The van der Waals surface area contributed by atoms with Gasteiger partial charge in [-0.3, -0.25) is 0 Å². The van der Waals surface area contributed by atoms with Gasteiger partial charge in [-0.2, -0.15) is 0 Å². The molecule has 2 aliphatic rings. The summed E-state index contributed by atoms with van der Waals surface area (Å²) in [5, 5.41) is 7.95. The van der Waals surface area contributed by atoms with Crippen molar-refractivity contribution < 1.29 is 0 Å². The molecule has 510 valence electrons. The Hall–Kier alpha value is -9.44. The molecule has 0 N–H and O–H groups in total. The van der Waals surface area contributed by atoms with Gasteiger partial charge in [0.2, 0.25) is 0 Å². The zero-order valence-corrected chi connectivity index (χ0v) is 66.7. The summed E-state index contributed by atoms with van der Waals surface area (Å²) in [5.74, 6) is 0. The number of benzene rings is 13. The molecule has 0 fully saturated rings. The van der Waals surface area contributed by atoms with Crippen LogP contribution in [-0.4, -0.2) is 40.3 Å². The SMILES string of the molecule is Cc1cc(C)c(-c2ccc3c(c2)N(c2c(-c4cccc5[se]c6ccccc6c45)cccc2-c2cccc4[se]c5ccccc5c24)c2cc(-n4c5ccc(C(C)(C)C)cc5c5ccc(-c6cc(C(C)(C)C)cc(C(C)(C)C)c6)cc54)cc4c2B3c2ccc(-c3c(C)cc(C)cc3C)cc2C4(C)C)c(C)c1. The number of rotatable bonds is 7. The van der Waals surface area contributed by atoms with Crippen LogP contribution in [-0.2, 0) is 21.7 Å². The first-order valence-electron chi connectivity index (χ1n) is 37.3. The Bertz CT molecular complexity index is 6140. The molecule has 2 aliphatic heterocycles. The summed E-state index contributed by atoms with van der Waals surface area (Å²) >= 11 is 0.303. The van der Waals surface area contributed by atoms with Crippen LogP contribution in [0.4, 0.5) is 17.1 Å². The average Bonchev–Trinajstić information content (AvgIpc) is 0.714. The fourth-order valence-electron chi connectivity index (χ4n) is 18.5. The Morgan fingerprint density at radius 1 is 0.346 bits per heavy atom. The molecule has 18 rings (SSSR count). The minimum atomic E-state index is -0.492. The van der Waals surface area contributed by atoms with Gasteiger partial charge in [-0.15, -0.1) is 0 Å². The van der Waals surface area contributed by atoms with Gasteiger partial charge in [0.25, 0.3) is 0 Å². The topological polar surface area (TPSA) is 8.17 Å². The Morgan fingerprint density at radius 2 is 0.846 bits per heavy atom. The van der Waals surface area contributed by atoms with Crippen LogP contribution in [0.5, 0.6) is 0 Å². The van der Waals surface area contributed by atoms with Gasteiger partial charge >= 0.3 is 409 Å². The molecule has 104 heavy (non-hydrogen) atoms. The van der Waals surface area contributed by atoms with Crippen LogP contribution < -0.4 is 21.3 Å². The third-order valence-electron chi connectivity index (χ3n) is 23.4. The van der Waals surface area contributed by atoms with Crippen LogP contribution in [0, 0.1) is 41.5 Å². The van der Waals surface area contributed by atoms with Crippen LogP contribution >= 0.6 is 0 Å². The maximum absolute atomic E-state index is 2.83. The van der Waals surface area contributed by atoms with Crippen molar-refractivity contribution in [1.82, 2.24) is 4.57 Å². The first-order chi connectivity index (χ1) is 49.7. The van der Waals surface area contributed by atoms with Crippen molar-refractivity contribution in [2.45, 2.75) is 139 Å². The van der Waals surface area contributed by atoms with Gasteiger partial charge in [-0.1, -0.05) is 122 Å². The van der Waals surface area contributed by atoms with E-state index in [0.29, 0.717) is 0 Å². The number of hydrogen-bond acceptors (Lipinski definition) is 1. The molecule has 0 saturated heterocycles. The third-order valence-corrected chi connectivity index (χ3v) is 28.2. The van der Waals surface area contributed by atoms with E-state index in [1.807, 2.05) is 0 Å². The number of hydrogen-bond donors (Lipinski definition) is 0. The van der Waals surface area contributed by atoms with Gasteiger partial charge in [0.1, 0.15) is 0 Å². The molecule has 3 aromatic heterocycles. The van der Waals surface area contributed by atoms with Gasteiger partial charge in [-0.25, -0.2) is 0 Å². The van der Waals surface area contributed by atoms with E-state index in [1.54, 1.807) is 0 Å². The second-order valence-corrected chi connectivity index (χ2v) is 38.6. The van der Waals surface area contributed by atoms with Crippen molar-refractivity contribution in [3.05, 3.63) is 292 Å². The first-order valence-corrected chi connectivity index (χ1v) is 40.7. The van der Waals surface area contributed by atoms with E-state index >= 15 is 0 Å². The van der Waals surface area contributed by atoms with Crippen LogP contribution in [0.1, 0.15) is 137 Å². The molecule has 0 bridgehead atoms. The van der Waals surface area contributed by atoms with E-state index in [0.717, 1.165) is 5.69 Å². The summed E-state index contributed by atoms with van der Waals surface area (Å²) in [6, 6.07) is 92.4. The number of aromatic nitrogens is 1. The molecule has 5 heteroatoms. The van der Waals surface area contributed by atoms with E-state index in [1.165, 1.54) is 211 Å². The van der Waals surface area contributed by atoms with Crippen molar-refractivity contribution in [2.24, 2.45) is 0 Å². The van der Waals surface area contributed by atoms with Gasteiger partial charge in [0.15, 0.2) is 0 Å². The van der Waals surface area contributed by atoms with Crippen LogP contribution in [0.25, 0.3) is 122 Å². The summed E-state index contributed by atoms with van der Waals surface area (Å²) in [6.45, 7) is 39.9. The molecular formula is C99H89BN2Se2. The molecule has 16 aromatic rings. The number of fused-ring (bicyclic) bond motifs is 13. The monoisotopic (exact) mass is 1480 g/mol. The first kappa shape index (κ1) is 66.5. The average molecular weight is 1480 g/mol. The molecule has 0 unspecified atom stereocenters. The second kappa shape index (κ2) is 23.8. The second-order valence-electron chi connectivity index (χ2n) is 34.0. The standard InChI is InChI=1S/C99H89BN2Se2/c1-56-43-58(3)90(59(4)44-56)63-36-40-80-78(49-63)99(16,17)79-54-69(101-82-42-38-66(96(7,8)9)53-77(82)70-39-35-62(50-83(70)101)65-47-67(97(10,11)12)52-68(48-65)98(13,14)15)55-85-94(79)100(80)81-41-37-64(91-60(5)45-57(2)46-61(91)6)51-84(81)102(85)95-73(71-27-23-33-88-92(71)75-25-18-20-31-86(75)103-88)29-22-30-74(95)72-28-24-34-89-93(72)76-26-19-21-32-87(76)104-89/h18-55H,1-17H3. The molecule has 0 spiro atoms. The predicted octanol–water partition coefficient (Wildman–Crippen LogP) is 24.5. The van der Waals surface area contributed by atoms with E-state index < -0.39 is 5.41 Å². The summed E-state index contributed by atoms with van der Waals surface area (Å²) in [4.78, 5) is 2.83. The molecule has 5 heterocycles. The molecule has 0 atom stereocenters. The Labute approximate surface area is 626 Å². The zero-order valence-electron chi connectivity index (χ0n) is 63.2. The van der Waals surface area contributed by atoms with E-state index in [-0.39, 0.29) is 52.0 Å². The van der Waals surface area contributed by atoms with E-state index in [9.17, 15) is 0 Å². The van der Waals surface area contributed by atoms with Gasteiger partial charge in [0, 0.05) is 0 Å². The molecule has 0 amide bonds. The number of nitrogens with zero attached hydrogens (tertiary/aromatic N) is 2. The fourth-order valence-corrected chi connectivity index (χ4v) is 23.2. The molecule has 0 saturated carbocycles. The minimum absolute atomic E-state index is 0.0517. The molecule has 2 nitrogen and oxygen atoms in total. The Morgan fingerprint density at radius 3 is 1.40 bits per heavy atom. The van der Waals surface area contributed by atoms with E-state index in [4.69, 9.17) is 0 Å². The molecule has 13 aromatic carbocycles. The summed E-state index contributed by atoms with van der Waals surface area (Å²) in [6.07, 6.45) is 0. The fraction of sp³-hybridized carbons (Fsp3) is 0.212. The summed E-state index contributed by atoms with van der Waals surface area (Å²) < 4.78 is 8.43. The van der Waals surface area contributed by atoms with Crippen molar-refractivity contribution in [3.8, 4) is 61.3 Å². The maximum atomic E-state index is 2.83. The summed E-state index contributed by atoms with van der Waals surface area (Å²) in [5.41, 5.74) is 37.7. The number of aryl methyl sites for hydroxylation is 6. The molecule has 0 radical (unpaired) electrons. The third kappa shape index (κ3) is 10.4. The van der Waals surface area contributed by atoms with Crippen LogP contribution in [0.15, 0.2) is 231 Å². The van der Waals surface area contributed by atoms with Crippen molar-refractivity contribution >= 4 is 130 Å². The van der Waals surface area contributed by atoms with Gasteiger partial charge in [-0.05, 0) is 100 Å². The van der Waals surface area contributed by atoms with E-state index in [2.05, 4.69) is 358 Å². The predicted molar refractivity (Wildman–Crippen MR) is 454 cm³/mol. The quantitative estimate of drug-likeness (QED) is 0.144. The zero-order chi connectivity index (χ0) is 72.1. The summed E-state index contributed by atoms with van der Waals surface area (Å²) in [7, 11) is 0. The van der Waals surface area contributed by atoms with Crippen molar-refractivity contribution in [2.75, 3.05) is 4.90 Å². The number of anilines is 3. The normalized spacial score (nSPS) is 13.7. The van der Waals surface area contributed by atoms with Crippen molar-refractivity contribution in [3.63, 3.8) is 0 Å². The van der Waals surface area contributed by atoms with Gasteiger partial charge in [0.05, 0.1) is 0 Å². The molecule has 0 aliphatic carbocycles. The molecular weight excluding hydrogens is 1390 g/mol. The van der Waals surface area contributed by atoms with Crippen molar-refractivity contribution in [1.29, 1.82) is 0 Å². The number of para-hydroxylation sites is 1. The Kier molecular flexibility index (Phi) is 15.2. The van der Waals surface area contributed by atoms with Gasteiger partial charge < -0.3 is 0 Å². The Balaban J connectivity index is 1.03. The van der Waals surface area contributed by atoms with Crippen LogP contribution in [0.3, 0.4) is 0 Å². The van der Waals surface area contributed by atoms with Crippen LogP contribution in [0.2, 0.25) is 0 Å².